The lowest BCUT2D eigenvalue weighted by Gasteiger charge is -2.39. The highest BCUT2D eigenvalue weighted by Gasteiger charge is 2.36. The van der Waals surface area contributed by atoms with Crippen LogP contribution in [0.4, 0.5) is 0 Å². The van der Waals surface area contributed by atoms with Crippen LogP contribution < -0.4 is 10.6 Å². The van der Waals surface area contributed by atoms with Gasteiger partial charge in [-0.2, -0.15) is 0 Å². The van der Waals surface area contributed by atoms with Gasteiger partial charge in [-0.1, -0.05) is 42.0 Å². The van der Waals surface area contributed by atoms with E-state index in [-0.39, 0.29) is 5.41 Å². The molecule has 3 rings (SSSR count). The number of rotatable bonds is 4. The molecule has 1 heterocycles. The van der Waals surface area contributed by atoms with Crippen molar-refractivity contribution < 1.29 is 4.74 Å². The molecule has 2 aliphatic rings. The molecule has 0 radical (unpaired) electrons. The minimum Gasteiger partial charge on any atom is -0.381 e. The van der Waals surface area contributed by atoms with Crippen molar-refractivity contribution >= 4 is 17.6 Å². The van der Waals surface area contributed by atoms with Crippen molar-refractivity contribution in [2.45, 2.75) is 37.1 Å². The van der Waals surface area contributed by atoms with Gasteiger partial charge >= 0.3 is 0 Å². The fraction of sp³-hybridized carbons (Fsp3) is 0.526. The van der Waals surface area contributed by atoms with Crippen molar-refractivity contribution in [3.8, 4) is 0 Å². The maximum absolute atomic E-state index is 6.51. The molecule has 0 unspecified atom stereocenters. The van der Waals surface area contributed by atoms with Gasteiger partial charge in [0.1, 0.15) is 0 Å². The Morgan fingerprint density at radius 2 is 1.96 bits per heavy atom. The number of hydrogen-bond acceptors (Lipinski definition) is 2. The Labute approximate surface area is 149 Å². The highest BCUT2D eigenvalue weighted by atomic mass is 35.5. The molecule has 1 fully saturated rings. The Morgan fingerprint density at radius 3 is 2.62 bits per heavy atom. The van der Waals surface area contributed by atoms with E-state index in [1.165, 1.54) is 5.56 Å². The zero-order valence-electron chi connectivity index (χ0n) is 14.2. The summed E-state index contributed by atoms with van der Waals surface area (Å²) in [5, 5.41) is 7.87. The van der Waals surface area contributed by atoms with Crippen LogP contribution in [0.25, 0.3) is 0 Å². The number of nitrogens with one attached hydrogen (secondary N) is 2. The number of halogens is 1. The van der Waals surface area contributed by atoms with Crippen LogP contribution in [0.2, 0.25) is 5.02 Å². The van der Waals surface area contributed by atoms with Crippen LogP contribution in [0.3, 0.4) is 0 Å². The van der Waals surface area contributed by atoms with Crippen LogP contribution in [0, 0.1) is 0 Å². The summed E-state index contributed by atoms with van der Waals surface area (Å²) in [7, 11) is 1.82. The normalized spacial score (nSPS) is 21.0. The molecule has 1 saturated heterocycles. The topological polar surface area (TPSA) is 45.7 Å². The fourth-order valence-electron chi connectivity index (χ4n) is 3.57. The third kappa shape index (κ3) is 3.93. The van der Waals surface area contributed by atoms with Gasteiger partial charge in [-0.3, -0.25) is 4.99 Å². The van der Waals surface area contributed by atoms with Crippen molar-refractivity contribution in [2.24, 2.45) is 4.99 Å². The van der Waals surface area contributed by atoms with Crippen molar-refractivity contribution in [3.05, 3.63) is 47.0 Å². The van der Waals surface area contributed by atoms with Gasteiger partial charge in [0.2, 0.25) is 0 Å². The molecule has 24 heavy (non-hydrogen) atoms. The summed E-state index contributed by atoms with van der Waals surface area (Å²) in [6, 6.07) is 8.62. The maximum atomic E-state index is 6.51. The zero-order chi connectivity index (χ0) is 16.8. The largest absolute Gasteiger partial charge is 0.381 e. The predicted octanol–water partition coefficient (Wildman–Crippen LogP) is 3.27. The molecule has 1 aromatic carbocycles. The summed E-state index contributed by atoms with van der Waals surface area (Å²) in [6.45, 7) is 2.34. The Bertz CT molecular complexity index is 600. The molecule has 1 aliphatic heterocycles. The third-order valence-corrected chi connectivity index (χ3v) is 5.39. The van der Waals surface area contributed by atoms with Crippen molar-refractivity contribution in [1.82, 2.24) is 10.6 Å². The second-order valence-electron chi connectivity index (χ2n) is 6.58. The van der Waals surface area contributed by atoms with Crippen LogP contribution in [-0.2, 0) is 10.2 Å². The lowest BCUT2D eigenvalue weighted by Crippen LogP contribution is -2.49. The predicted molar refractivity (Wildman–Crippen MR) is 99.8 cm³/mol. The monoisotopic (exact) mass is 347 g/mol. The fourth-order valence-corrected chi connectivity index (χ4v) is 3.91. The number of benzene rings is 1. The molecule has 1 aliphatic carbocycles. The molecule has 0 atom stereocenters. The van der Waals surface area contributed by atoms with Crippen LogP contribution in [0.1, 0.15) is 31.2 Å². The van der Waals surface area contributed by atoms with Crippen LogP contribution in [-0.4, -0.2) is 38.8 Å². The van der Waals surface area contributed by atoms with Gasteiger partial charge in [0.05, 0.1) is 0 Å². The van der Waals surface area contributed by atoms with E-state index in [9.17, 15) is 0 Å². The molecule has 2 N–H and O–H groups in total. The summed E-state index contributed by atoms with van der Waals surface area (Å²) >= 11 is 6.51. The van der Waals surface area contributed by atoms with E-state index in [1.807, 2.05) is 19.2 Å². The number of nitrogens with zero attached hydrogens (tertiary/aromatic N) is 1. The molecular weight excluding hydrogens is 322 g/mol. The average Bonchev–Trinajstić information content (AvgIpc) is 3.13. The van der Waals surface area contributed by atoms with E-state index in [2.05, 4.69) is 39.9 Å². The first kappa shape index (κ1) is 17.3. The van der Waals surface area contributed by atoms with Crippen molar-refractivity contribution in [2.75, 3.05) is 26.8 Å². The highest BCUT2D eigenvalue weighted by molar-refractivity contribution is 6.31. The summed E-state index contributed by atoms with van der Waals surface area (Å²) in [5.74, 6) is 0.863. The summed E-state index contributed by atoms with van der Waals surface area (Å²) in [6.07, 6.45) is 8.48. The van der Waals surface area contributed by atoms with E-state index >= 15 is 0 Å². The van der Waals surface area contributed by atoms with Crippen molar-refractivity contribution in [1.29, 1.82) is 0 Å². The summed E-state index contributed by atoms with van der Waals surface area (Å²) in [5.41, 5.74) is 1.20. The van der Waals surface area contributed by atoms with E-state index in [4.69, 9.17) is 16.3 Å². The molecule has 130 valence electrons. The third-order valence-electron chi connectivity index (χ3n) is 5.06. The smallest absolute Gasteiger partial charge is 0.191 e. The van der Waals surface area contributed by atoms with Gasteiger partial charge < -0.3 is 15.4 Å². The number of hydrogen-bond donors (Lipinski definition) is 2. The quantitative estimate of drug-likeness (QED) is 0.499. The highest BCUT2D eigenvalue weighted by Crippen LogP contribution is 2.38. The number of guanidine groups is 1. The van der Waals surface area contributed by atoms with Crippen molar-refractivity contribution in [3.63, 3.8) is 0 Å². The molecule has 0 spiro atoms. The molecule has 0 amide bonds. The minimum absolute atomic E-state index is 0.0118. The van der Waals surface area contributed by atoms with Crippen LogP contribution in [0.15, 0.2) is 41.4 Å². The first-order chi connectivity index (χ1) is 11.7. The maximum Gasteiger partial charge on any atom is 0.191 e. The van der Waals surface area contributed by atoms with Gasteiger partial charge in [-0.15, -0.1) is 0 Å². The van der Waals surface area contributed by atoms with Crippen LogP contribution >= 0.6 is 11.6 Å². The lowest BCUT2D eigenvalue weighted by molar-refractivity contribution is 0.0514. The molecule has 0 bridgehead atoms. The van der Waals surface area contributed by atoms with Gasteiger partial charge in [-0.25, -0.2) is 0 Å². The Balaban J connectivity index is 1.71. The second-order valence-corrected chi connectivity index (χ2v) is 6.99. The lowest BCUT2D eigenvalue weighted by atomic mass is 9.74. The van der Waals surface area contributed by atoms with E-state index in [1.54, 1.807) is 0 Å². The van der Waals surface area contributed by atoms with Gasteiger partial charge in [0.25, 0.3) is 0 Å². The SMILES string of the molecule is CN=C(NCC1(c2ccccc2Cl)CCOCC1)NC1CC=CC1. The van der Waals surface area contributed by atoms with Gasteiger partial charge in [0, 0.05) is 43.3 Å². The van der Waals surface area contributed by atoms with E-state index < -0.39 is 0 Å². The molecule has 1 aromatic rings. The Kier molecular flexibility index (Phi) is 5.80. The molecule has 4 nitrogen and oxygen atoms in total. The standard InChI is InChI=1S/C19H26ClN3O/c1-21-18(23-15-6-2-3-7-15)22-14-19(10-12-24-13-11-19)16-8-4-5-9-17(16)20/h2-5,8-9,15H,6-7,10-14H2,1H3,(H2,21,22,23). The summed E-state index contributed by atoms with van der Waals surface area (Å²) in [4.78, 5) is 4.39. The Hall–Kier alpha value is -1.52. The second kappa shape index (κ2) is 8.04. The van der Waals surface area contributed by atoms with Gasteiger partial charge in [0.15, 0.2) is 5.96 Å². The number of aliphatic imine (C=N–C) groups is 1. The first-order valence-electron chi connectivity index (χ1n) is 8.68. The zero-order valence-corrected chi connectivity index (χ0v) is 15.0. The Morgan fingerprint density at radius 1 is 1.25 bits per heavy atom. The summed E-state index contributed by atoms with van der Waals surface area (Å²) < 4.78 is 5.60. The average molecular weight is 348 g/mol. The minimum atomic E-state index is -0.0118. The van der Waals surface area contributed by atoms with E-state index in [0.717, 1.165) is 56.4 Å². The first-order valence-corrected chi connectivity index (χ1v) is 9.06. The molecule has 0 aromatic heterocycles. The van der Waals surface area contributed by atoms with Gasteiger partial charge in [-0.05, 0) is 37.3 Å². The molecular formula is C19H26ClN3O. The van der Waals surface area contributed by atoms with Crippen LogP contribution in [0.5, 0.6) is 0 Å². The molecule has 0 saturated carbocycles. The molecule has 5 heteroatoms. The number of ether oxygens (including phenoxy) is 1. The van der Waals surface area contributed by atoms with E-state index in [0.29, 0.717) is 6.04 Å².